The summed E-state index contributed by atoms with van der Waals surface area (Å²) in [6, 6.07) is 24.9. The molecule has 0 bridgehead atoms. The zero-order valence-corrected chi connectivity index (χ0v) is 16.5. The van der Waals surface area contributed by atoms with E-state index in [2.05, 4.69) is 5.32 Å². The first-order chi connectivity index (χ1) is 14.0. The van der Waals surface area contributed by atoms with Gasteiger partial charge in [0.15, 0.2) is 0 Å². The highest BCUT2D eigenvalue weighted by Crippen LogP contribution is 2.18. The van der Waals surface area contributed by atoms with Gasteiger partial charge >= 0.3 is 0 Å². The molecule has 0 unspecified atom stereocenters. The molecule has 0 saturated heterocycles. The van der Waals surface area contributed by atoms with Gasteiger partial charge in [-0.25, -0.2) is 0 Å². The number of amides is 1. The number of benzene rings is 3. The van der Waals surface area contributed by atoms with Gasteiger partial charge in [-0.05, 0) is 60.9 Å². The quantitative estimate of drug-likeness (QED) is 0.457. The number of aryl methyl sites for hydroxylation is 2. The summed E-state index contributed by atoms with van der Waals surface area (Å²) in [5.41, 5.74) is 4.72. The number of nitrogens with zero attached hydrogens (tertiary/aromatic N) is 1. The van der Waals surface area contributed by atoms with E-state index in [9.17, 15) is 10.1 Å². The smallest absolute Gasteiger partial charge is 0.266 e. The van der Waals surface area contributed by atoms with Crippen molar-refractivity contribution in [2.45, 2.75) is 20.5 Å². The van der Waals surface area contributed by atoms with Gasteiger partial charge in [-0.15, -0.1) is 0 Å². The van der Waals surface area contributed by atoms with Crippen LogP contribution in [0, 0.1) is 25.2 Å². The summed E-state index contributed by atoms with van der Waals surface area (Å²) >= 11 is 0. The summed E-state index contributed by atoms with van der Waals surface area (Å²) in [7, 11) is 0. The molecule has 0 spiro atoms. The van der Waals surface area contributed by atoms with Crippen LogP contribution in [0.5, 0.6) is 5.75 Å². The summed E-state index contributed by atoms with van der Waals surface area (Å²) in [5.74, 6) is 0.236. The molecule has 3 rings (SSSR count). The minimum absolute atomic E-state index is 0.0298. The van der Waals surface area contributed by atoms with Crippen LogP contribution < -0.4 is 10.1 Å². The molecule has 3 aromatic rings. The molecule has 0 atom stereocenters. The number of carbonyl (C=O) groups is 1. The fourth-order valence-electron chi connectivity index (χ4n) is 2.78. The molecule has 0 fully saturated rings. The van der Waals surface area contributed by atoms with E-state index in [4.69, 9.17) is 4.74 Å². The van der Waals surface area contributed by atoms with Crippen LogP contribution in [0.4, 0.5) is 5.69 Å². The van der Waals surface area contributed by atoms with Gasteiger partial charge in [0.2, 0.25) is 0 Å². The van der Waals surface area contributed by atoms with Crippen LogP contribution in [0.3, 0.4) is 0 Å². The molecule has 0 aliphatic heterocycles. The van der Waals surface area contributed by atoms with Crippen molar-refractivity contribution in [3.8, 4) is 11.8 Å². The van der Waals surface area contributed by atoms with Crippen LogP contribution in [0.1, 0.15) is 22.3 Å². The lowest BCUT2D eigenvalue weighted by Crippen LogP contribution is -2.13. The molecular weight excluding hydrogens is 360 g/mol. The van der Waals surface area contributed by atoms with Crippen LogP contribution in [-0.4, -0.2) is 5.91 Å². The van der Waals surface area contributed by atoms with Crippen molar-refractivity contribution in [1.29, 1.82) is 5.26 Å². The second kappa shape index (κ2) is 9.38. The van der Waals surface area contributed by atoms with Crippen LogP contribution >= 0.6 is 0 Å². The molecule has 0 aliphatic carbocycles. The van der Waals surface area contributed by atoms with Crippen molar-refractivity contribution < 1.29 is 9.53 Å². The number of nitrogens with one attached hydrogen (secondary N) is 1. The van der Waals surface area contributed by atoms with Crippen molar-refractivity contribution in [3.63, 3.8) is 0 Å². The summed E-state index contributed by atoms with van der Waals surface area (Å²) in [5, 5.41) is 12.2. The maximum absolute atomic E-state index is 12.4. The fraction of sp³-hybridized carbons (Fsp3) is 0.120. The summed E-state index contributed by atoms with van der Waals surface area (Å²) in [6.45, 7) is 4.44. The molecule has 4 nitrogen and oxygen atoms in total. The van der Waals surface area contributed by atoms with E-state index in [1.807, 2.05) is 86.6 Å². The first kappa shape index (κ1) is 19.9. The molecule has 0 radical (unpaired) electrons. The Labute approximate surface area is 171 Å². The van der Waals surface area contributed by atoms with Gasteiger partial charge in [0.05, 0.1) is 0 Å². The van der Waals surface area contributed by atoms with E-state index in [0.29, 0.717) is 18.0 Å². The van der Waals surface area contributed by atoms with Gasteiger partial charge in [0, 0.05) is 5.69 Å². The molecule has 0 aliphatic rings. The third kappa shape index (κ3) is 5.82. The lowest BCUT2D eigenvalue weighted by Gasteiger charge is -2.08. The first-order valence-corrected chi connectivity index (χ1v) is 9.32. The molecule has 29 heavy (non-hydrogen) atoms. The molecule has 0 heterocycles. The number of hydrogen-bond acceptors (Lipinski definition) is 3. The maximum atomic E-state index is 12.4. The predicted octanol–water partition coefficient (Wildman–Crippen LogP) is 5.43. The van der Waals surface area contributed by atoms with Gasteiger partial charge in [-0.1, -0.05) is 54.1 Å². The van der Waals surface area contributed by atoms with Crippen molar-refractivity contribution in [3.05, 3.63) is 101 Å². The van der Waals surface area contributed by atoms with Gasteiger partial charge < -0.3 is 10.1 Å². The average Bonchev–Trinajstić information content (AvgIpc) is 2.72. The van der Waals surface area contributed by atoms with Crippen LogP contribution in [0.25, 0.3) is 6.08 Å². The summed E-state index contributed by atoms with van der Waals surface area (Å²) in [6.07, 6.45) is 1.56. The lowest BCUT2D eigenvalue weighted by atomic mass is 10.1. The van der Waals surface area contributed by atoms with E-state index < -0.39 is 5.91 Å². The van der Waals surface area contributed by atoms with E-state index in [1.54, 1.807) is 12.1 Å². The number of rotatable bonds is 6. The Morgan fingerprint density at radius 3 is 2.48 bits per heavy atom. The van der Waals surface area contributed by atoms with Gasteiger partial charge in [-0.2, -0.15) is 5.26 Å². The number of anilines is 1. The minimum Gasteiger partial charge on any atom is -0.489 e. The maximum Gasteiger partial charge on any atom is 0.266 e. The third-order valence-electron chi connectivity index (χ3n) is 4.34. The number of carbonyl (C=O) groups excluding carboxylic acids is 1. The van der Waals surface area contributed by atoms with Crippen LogP contribution in [-0.2, 0) is 11.4 Å². The third-order valence-corrected chi connectivity index (χ3v) is 4.34. The van der Waals surface area contributed by atoms with Crippen LogP contribution in [0.15, 0.2) is 78.4 Å². The largest absolute Gasteiger partial charge is 0.489 e. The van der Waals surface area contributed by atoms with E-state index in [-0.39, 0.29) is 5.57 Å². The Morgan fingerprint density at radius 1 is 1.00 bits per heavy atom. The van der Waals surface area contributed by atoms with Gasteiger partial charge in [0.25, 0.3) is 5.91 Å². The molecule has 144 valence electrons. The summed E-state index contributed by atoms with van der Waals surface area (Å²) < 4.78 is 5.84. The molecular formula is C25H22N2O2. The Hall–Kier alpha value is -3.84. The van der Waals surface area contributed by atoms with Crippen molar-refractivity contribution in [2.24, 2.45) is 0 Å². The van der Waals surface area contributed by atoms with Gasteiger partial charge in [-0.3, -0.25) is 4.79 Å². The Morgan fingerprint density at radius 2 is 1.76 bits per heavy atom. The first-order valence-electron chi connectivity index (χ1n) is 9.32. The number of hydrogen-bond donors (Lipinski definition) is 1. The zero-order chi connectivity index (χ0) is 20.6. The molecule has 4 heteroatoms. The van der Waals surface area contributed by atoms with Crippen molar-refractivity contribution in [2.75, 3.05) is 5.32 Å². The molecule has 1 N–H and O–H groups in total. The Balaban J connectivity index is 1.70. The second-order valence-electron chi connectivity index (χ2n) is 6.84. The normalized spacial score (nSPS) is 10.9. The van der Waals surface area contributed by atoms with Gasteiger partial charge in [0.1, 0.15) is 24.0 Å². The second-order valence-corrected chi connectivity index (χ2v) is 6.84. The standard InChI is InChI=1S/C25H22N2O2/c1-18-9-11-20(12-10-18)17-29-24-8-4-6-21(15-24)14-22(16-26)25(28)27-23-7-3-5-19(2)13-23/h3-15H,17H2,1-2H3,(H,27,28)/b22-14-. The molecule has 0 saturated carbocycles. The van der Waals surface area contributed by atoms with Crippen molar-refractivity contribution in [1.82, 2.24) is 0 Å². The lowest BCUT2D eigenvalue weighted by molar-refractivity contribution is -0.112. The zero-order valence-electron chi connectivity index (χ0n) is 16.5. The number of ether oxygens (including phenoxy) is 1. The highest BCUT2D eigenvalue weighted by atomic mass is 16.5. The molecule has 0 aromatic heterocycles. The van der Waals surface area contributed by atoms with E-state index >= 15 is 0 Å². The van der Waals surface area contributed by atoms with Crippen molar-refractivity contribution >= 4 is 17.7 Å². The minimum atomic E-state index is -0.441. The number of nitriles is 1. The monoisotopic (exact) mass is 382 g/mol. The highest BCUT2D eigenvalue weighted by molar-refractivity contribution is 6.09. The molecule has 1 amide bonds. The summed E-state index contributed by atoms with van der Waals surface area (Å²) in [4.78, 5) is 12.4. The SMILES string of the molecule is Cc1ccc(COc2cccc(/C=C(/C#N)C(=O)Nc3cccc(C)c3)c2)cc1. The molecule has 3 aromatic carbocycles. The topological polar surface area (TPSA) is 62.1 Å². The van der Waals surface area contributed by atoms with Crippen LogP contribution in [0.2, 0.25) is 0 Å². The Bertz CT molecular complexity index is 1080. The predicted molar refractivity (Wildman–Crippen MR) is 115 cm³/mol. The van der Waals surface area contributed by atoms with E-state index in [0.717, 1.165) is 16.7 Å². The highest BCUT2D eigenvalue weighted by Gasteiger charge is 2.10. The Kier molecular flexibility index (Phi) is 6.44. The average molecular weight is 382 g/mol. The van der Waals surface area contributed by atoms with E-state index in [1.165, 1.54) is 5.56 Å². The fourth-order valence-corrected chi connectivity index (χ4v) is 2.78.